The lowest BCUT2D eigenvalue weighted by Gasteiger charge is -2.34. The zero-order chi connectivity index (χ0) is 19.2. The van der Waals surface area contributed by atoms with Gasteiger partial charge < -0.3 is 11.1 Å². The largest absolute Gasteiger partial charge is 0.366 e. The summed E-state index contributed by atoms with van der Waals surface area (Å²) in [5.41, 5.74) is 8.97. The Balaban J connectivity index is 1.42. The number of nitrogens with one attached hydrogen (secondary N) is 1. The van der Waals surface area contributed by atoms with Gasteiger partial charge in [0.25, 0.3) is 0 Å². The molecule has 0 saturated carbocycles. The molecule has 142 valence electrons. The smallest absolute Gasteiger partial charge is 0.248 e. The molecule has 0 bridgehead atoms. The Bertz CT molecular complexity index is 779. The summed E-state index contributed by atoms with van der Waals surface area (Å²) in [6.07, 6.45) is 0. The van der Waals surface area contributed by atoms with Crippen LogP contribution in [0.5, 0.6) is 0 Å². The van der Waals surface area contributed by atoms with E-state index in [-0.39, 0.29) is 5.91 Å². The maximum atomic E-state index is 12.2. The molecule has 0 aliphatic carbocycles. The van der Waals surface area contributed by atoms with Crippen LogP contribution >= 0.6 is 0 Å². The molecule has 2 amide bonds. The highest BCUT2D eigenvalue weighted by Gasteiger charge is 2.19. The quantitative estimate of drug-likeness (QED) is 0.818. The van der Waals surface area contributed by atoms with Gasteiger partial charge in [-0.3, -0.25) is 19.4 Å². The fourth-order valence-electron chi connectivity index (χ4n) is 3.18. The van der Waals surface area contributed by atoms with Gasteiger partial charge in [0.2, 0.25) is 11.8 Å². The summed E-state index contributed by atoms with van der Waals surface area (Å²) in [6, 6.07) is 15.3. The number of aryl methyl sites for hydroxylation is 1. The third-order valence-corrected chi connectivity index (χ3v) is 4.81. The lowest BCUT2D eigenvalue weighted by atomic mass is 10.1. The van der Waals surface area contributed by atoms with E-state index in [2.05, 4.69) is 15.1 Å². The summed E-state index contributed by atoms with van der Waals surface area (Å²) in [4.78, 5) is 27.9. The van der Waals surface area contributed by atoms with Crippen molar-refractivity contribution < 1.29 is 9.59 Å². The maximum Gasteiger partial charge on any atom is 0.248 e. The monoisotopic (exact) mass is 366 g/mol. The minimum absolute atomic E-state index is 0.0225. The molecule has 1 saturated heterocycles. The number of benzene rings is 2. The number of hydrogen-bond donors (Lipinski definition) is 2. The molecule has 3 N–H and O–H groups in total. The summed E-state index contributed by atoms with van der Waals surface area (Å²) in [7, 11) is 0. The summed E-state index contributed by atoms with van der Waals surface area (Å²) in [6.45, 7) is 6.82. The molecule has 2 aromatic rings. The fraction of sp³-hybridized carbons (Fsp3) is 0.333. The van der Waals surface area contributed by atoms with Gasteiger partial charge >= 0.3 is 0 Å². The van der Waals surface area contributed by atoms with E-state index in [0.29, 0.717) is 12.1 Å². The lowest BCUT2D eigenvalue weighted by molar-refractivity contribution is -0.117. The molecule has 2 aromatic carbocycles. The highest BCUT2D eigenvalue weighted by molar-refractivity contribution is 5.93. The van der Waals surface area contributed by atoms with Crippen molar-refractivity contribution in [3.63, 3.8) is 0 Å². The van der Waals surface area contributed by atoms with Crippen LogP contribution in [0.3, 0.4) is 0 Å². The van der Waals surface area contributed by atoms with Crippen LogP contribution in [0.15, 0.2) is 48.5 Å². The Kier molecular flexibility index (Phi) is 6.21. The molecule has 0 aromatic heterocycles. The zero-order valence-electron chi connectivity index (χ0n) is 15.6. The van der Waals surface area contributed by atoms with Crippen molar-refractivity contribution in [1.82, 2.24) is 9.80 Å². The van der Waals surface area contributed by atoms with Gasteiger partial charge in [-0.15, -0.1) is 0 Å². The molecule has 0 atom stereocenters. The van der Waals surface area contributed by atoms with Gasteiger partial charge in [-0.2, -0.15) is 0 Å². The first-order valence-corrected chi connectivity index (χ1v) is 9.19. The van der Waals surface area contributed by atoms with Crippen molar-refractivity contribution in [3.05, 3.63) is 65.2 Å². The van der Waals surface area contributed by atoms with Crippen molar-refractivity contribution in [2.45, 2.75) is 13.5 Å². The van der Waals surface area contributed by atoms with Crippen molar-refractivity contribution in [1.29, 1.82) is 0 Å². The lowest BCUT2D eigenvalue weighted by Crippen LogP contribution is -2.48. The number of nitrogens with zero attached hydrogens (tertiary/aromatic N) is 2. The number of carbonyl (C=O) groups excluding carboxylic acids is 2. The number of amides is 2. The van der Waals surface area contributed by atoms with Crippen LogP contribution in [-0.4, -0.2) is 54.3 Å². The van der Waals surface area contributed by atoms with Gasteiger partial charge in [-0.25, -0.2) is 0 Å². The van der Waals surface area contributed by atoms with E-state index in [1.165, 1.54) is 5.56 Å². The summed E-state index contributed by atoms with van der Waals surface area (Å²) in [5, 5.41) is 2.95. The Morgan fingerprint density at radius 3 is 2.11 bits per heavy atom. The number of piperazine rings is 1. The summed E-state index contributed by atoms with van der Waals surface area (Å²) < 4.78 is 0. The normalized spacial score (nSPS) is 15.4. The summed E-state index contributed by atoms with van der Waals surface area (Å²) in [5.74, 6) is -0.381. The highest BCUT2D eigenvalue weighted by Crippen LogP contribution is 2.11. The van der Waals surface area contributed by atoms with Gasteiger partial charge in [0.05, 0.1) is 6.54 Å². The number of anilines is 1. The average molecular weight is 366 g/mol. The Morgan fingerprint density at radius 2 is 1.52 bits per heavy atom. The molecule has 6 heteroatoms. The van der Waals surface area contributed by atoms with E-state index in [4.69, 9.17) is 5.73 Å². The molecule has 6 nitrogen and oxygen atoms in total. The van der Waals surface area contributed by atoms with Gasteiger partial charge in [0.15, 0.2) is 0 Å². The molecule has 27 heavy (non-hydrogen) atoms. The second-order valence-corrected chi connectivity index (χ2v) is 7.03. The molecule has 0 radical (unpaired) electrons. The minimum Gasteiger partial charge on any atom is -0.366 e. The third kappa shape index (κ3) is 5.64. The number of rotatable bonds is 6. The van der Waals surface area contributed by atoms with Crippen LogP contribution in [0.2, 0.25) is 0 Å². The molecule has 3 rings (SSSR count). The Labute approximate surface area is 159 Å². The molecule has 0 unspecified atom stereocenters. The predicted molar refractivity (Wildman–Crippen MR) is 106 cm³/mol. The molecule has 1 aliphatic rings. The van der Waals surface area contributed by atoms with Crippen molar-refractivity contribution >= 4 is 17.5 Å². The number of carbonyl (C=O) groups is 2. The standard InChI is InChI=1S/C21H26N4O2/c1-16-2-8-19(9-3-16)23-20(26)15-25-12-10-24(11-13-25)14-17-4-6-18(7-5-17)21(22)27/h2-9H,10-15H2,1H3,(H2,22,27)(H,23,26). The molecule has 0 spiro atoms. The summed E-state index contributed by atoms with van der Waals surface area (Å²) >= 11 is 0. The second-order valence-electron chi connectivity index (χ2n) is 7.03. The Hall–Kier alpha value is -2.70. The van der Waals surface area contributed by atoms with E-state index in [1.54, 1.807) is 12.1 Å². The van der Waals surface area contributed by atoms with Crippen LogP contribution in [0.1, 0.15) is 21.5 Å². The maximum absolute atomic E-state index is 12.2. The third-order valence-electron chi connectivity index (χ3n) is 4.81. The van der Waals surface area contributed by atoms with Crippen LogP contribution < -0.4 is 11.1 Å². The van der Waals surface area contributed by atoms with Gasteiger partial charge in [0.1, 0.15) is 0 Å². The van der Waals surface area contributed by atoms with E-state index < -0.39 is 5.91 Å². The van der Waals surface area contributed by atoms with Gasteiger partial charge in [0, 0.05) is 44.0 Å². The zero-order valence-corrected chi connectivity index (χ0v) is 15.6. The molecule has 1 fully saturated rings. The van der Waals surface area contributed by atoms with Crippen LogP contribution in [0, 0.1) is 6.92 Å². The molecular formula is C21H26N4O2. The number of hydrogen-bond acceptors (Lipinski definition) is 4. The first-order chi connectivity index (χ1) is 13.0. The van der Waals surface area contributed by atoms with E-state index in [9.17, 15) is 9.59 Å². The van der Waals surface area contributed by atoms with Gasteiger partial charge in [-0.05, 0) is 36.8 Å². The molecule has 1 heterocycles. The van der Waals surface area contributed by atoms with Crippen LogP contribution in [0.4, 0.5) is 5.69 Å². The van der Waals surface area contributed by atoms with E-state index >= 15 is 0 Å². The Morgan fingerprint density at radius 1 is 0.926 bits per heavy atom. The first kappa shape index (κ1) is 19.1. The van der Waals surface area contributed by atoms with Crippen molar-refractivity contribution in [2.24, 2.45) is 5.73 Å². The van der Waals surface area contributed by atoms with Crippen molar-refractivity contribution in [3.8, 4) is 0 Å². The number of primary amides is 1. The van der Waals surface area contributed by atoms with Crippen LogP contribution in [-0.2, 0) is 11.3 Å². The minimum atomic E-state index is -0.404. The molecule has 1 aliphatic heterocycles. The van der Waals surface area contributed by atoms with Gasteiger partial charge in [-0.1, -0.05) is 29.8 Å². The van der Waals surface area contributed by atoms with E-state index in [0.717, 1.165) is 44.0 Å². The molecular weight excluding hydrogens is 340 g/mol. The topological polar surface area (TPSA) is 78.7 Å². The number of nitrogens with two attached hydrogens (primary N) is 1. The first-order valence-electron chi connectivity index (χ1n) is 9.19. The van der Waals surface area contributed by atoms with E-state index in [1.807, 2.05) is 43.3 Å². The van der Waals surface area contributed by atoms with Crippen molar-refractivity contribution in [2.75, 3.05) is 38.0 Å². The average Bonchev–Trinajstić information content (AvgIpc) is 2.66. The van der Waals surface area contributed by atoms with Crippen LogP contribution in [0.25, 0.3) is 0 Å². The fourth-order valence-corrected chi connectivity index (χ4v) is 3.18. The SMILES string of the molecule is Cc1ccc(NC(=O)CN2CCN(Cc3ccc(C(N)=O)cc3)CC2)cc1. The highest BCUT2D eigenvalue weighted by atomic mass is 16.2. The second kappa shape index (κ2) is 8.79. The predicted octanol–water partition coefficient (Wildman–Crippen LogP) is 1.85.